The molecule has 0 fully saturated rings. The lowest BCUT2D eigenvalue weighted by Crippen LogP contribution is -2.20. The van der Waals surface area contributed by atoms with Gasteiger partial charge in [0.25, 0.3) is 0 Å². The van der Waals surface area contributed by atoms with Crippen molar-refractivity contribution in [1.82, 2.24) is 4.98 Å². The van der Waals surface area contributed by atoms with Gasteiger partial charge in [-0.3, -0.25) is 4.79 Å². The Hall–Kier alpha value is -1.90. The minimum absolute atomic E-state index is 0.00944. The van der Waals surface area contributed by atoms with Crippen LogP contribution in [-0.4, -0.2) is 23.9 Å². The molecular weight excluding hydrogens is 284 g/mol. The highest BCUT2D eigenvalue weighted by Crippen LogP contribution is 2.24. The third-order valence-electron chi connectivity index (χ3n) is 2.21. The lowest BCUT2D eigenvalue weighted by molar-refractivity contribution is -0.276. The number of carbonyl (C=O) groups excluding carboxylic acids is 1. The van der Waals surface area contributed by atoms with E-state index in [1.807, 2.05) is 0 Å². The Morgan fingerprint density at radius 2 is 2.10 bits per heavy atom. The molecule has 2 N–H and O–H groups in total. The molecule has 5 nitrogen and oxygen atoms in total. The maximum absolute atomic E-state index is 13.7. The second-order valence-corrected chi connectivity index (χ2v) is 3.62. The van der Waals surface area contributed by atoms with Crippen molar-refractivity contribution in [2.45, 2.75) is 26.3 Å². The van der Waals surface area contributed by atoms with E-state index in [-0.39, 0.29) is 24.3 Å². The predicted molar refractivity (Wildman–Crippen MR) is 59.1 cm³/mol. The lowest BCUT2D eigenvalue weighted by atomic mass is 10.1. The molecule has 0 aliphatic heterocycles. The number of alkyl halides is 3. The molecule has 0 bridgehead atoms. The molecule has 112 valence electrons. The highest BCUT2D eigenvalue weighted by atomic mass is 19.4. The molecule has 1 heterocycles. The first kappa shape index (κ1) is 16.2. The molecule has 1 aromatic heterocycles. The van der Waals surface area contributed by atoms with Crippen molar-refractivity contribution in [3.63, 3.8) is 0 Å². The molecule has 0 aliphatic carbocycles. The Bertz CT molecular complexity index is 491. The van der Waals surface area contributed by atoms with Crippen LogP contribution in [0.3, 0.4) is 0 Å². The topological polar surface area (TPSA) is 74.4 Å². The van der Waals surface area contributed by atoms with Crippen molar-refractivity contribution in [2.24, 2.45) is 5.73 Å². The molecule has 9 heteroatoms. The highest BCUT2D eigenvalue weighted by molar-refractivity contribution is 5.73. The zero-order chi connectivity index (χ0) is 15.3. The van der Waals surface area contributed by atoms with E-state index >= 15 is 0 Å². The number of hydrogen-bond acceptors (Lipinski definition) is 5. The van der Waals surface area contributed by atoms with E-state index in [0.29, 0.717) is 0 Å². The van der Waals surface area contributed by atoms with E-state index in [4.69, 9.17) is 5.73 Å². The number of pyridine rings is 1. The molecule has 0 atom stereocenters. The van der Waals surface area contributed by atoms with Gasteiger partial charge < -0.3 is 15.2 Å². The number of rotatable bonds is 5. The molecule has 1 rings (SSSR count). The monoisotopic (exact) mass is 296 g/mol. The van der Waals surface area contributed by atoms with Gasteiger partial charge in [0.15, 0.2) is 0 Å². The average Bonchev–Trinajstić information content (AvgIpc) is 2.30. The van der Waals surface area contributed by atoms with Crippen LogP contribution in [0.2, 0.25) is 0 Å². The van der Waals surface area contributed by atoms with Gasteiger partial charge in [-0.05, 0) is 12.5 Å². The fourth-order valence-electron chi connectivity index (χ4n) is 1.46. The number of esters is 1. The number of carbonyl (C=O) groups is 1. The minimum Gasteiger partial charge on any atom is -0.466 e. The van der Waals surface area contributed by atoms with Gasteiger partial charge in [-0.1, -0.05) is 0 Å². The summed E-state index contributed by atoms with van der Waals surface area (Å²) >= 11 is 0. The van der Waals surface area contributed by atoms with Crippen molar-refractivity contribution in [3.8, 4) is 5.88 Å². The summed E-state index contributed by atoms with van der Waals surface area (Å²) in [7, 11) is 0. The van der Waals surface area contributed by atoms with Gasteiger partial charge >= 0.3 is 12.3 Å². The summed E-state index contributed by atoms with van der Waals surface area (Å²) in [6.45, 7) is 1.39. The Kier molecular flexibility index (Phi) is 5.26. The third kappa shape index (κ3) is 4.65. The Balaban J connectivity index is 3.05. The predicted octanol–water partition coefficient (Wildman–Crippen LogP) is 1.68. The standard InChI is InChI=1S/C11H12F4N2O3/c1-2-19-9(18)4-7-6(5-16)3-8(17-10(7)12)20-11(13,14)15/h3H,2,4-5,16H2,1H3. The van der Waals surface area contributed by atoms with Gasteiger partial charge in [0, 0.05) is 18.2 Å². The van der Waals surface area contributed by atoms with Crippen LogP contribution in [0.25, 0.3) is 0 Å². The van der Waals surface area contributed by atoms with E-state index in [9.17, 15) is 22.4 Å². The molecule has 0 saturated heterocycles. The molecule has 0 radical (unpaired) electrons. The SMILES string of the molecule is CCOC(=O)Cc1c(CN)cc(OC(F)(F)F)nc1F. The van der Waals surface area contributed by atoms with Crippen LogP contribution in [0, 0.1) is 5.95 Å². The summed E-state index contributed by atoms with van der Waals surface area (Å²) in [6.07, 6.45) is -5.46. The van der Waals surface area contributed by atoms with Gasteiger partial charge in [0.1, 0.15) is 0 Å². The van der Waals surface area contributed by atoms with Crippen LogP contribution in [0.15, 0.2) is 6.07 Å². The van der Waals surface area contributed by atoms with Crippen molar-refractivity contribution < 1.29 is 31.8 Å². The second kappa shape index (κ2) is 6.51. The molecular formula is C11H12F4N2O3. The number of halogens is 4. The van der Waals surface area contributed by atoms with Crippen LogP contribution in [0.4, 0.5) is 17.6 Å². The molecule has 0 aromatic carbocycles. The normalized spacial score (nSPS) is 11.3. The first-order valence-electron chi connectivity index (χ1n) is 5.56. The summed E-state index contributed by atoms with van der Waals surface area (Å²) in [5, 5.41) is 0. The summed E-state index contributed by atoms with van der Waals surface area (Å²) in [4.78, 5) is 14.3. The smallest absolute Gasteiger partial charge is 0.466 e. The van der Waals surface area contributed by atoms with Crippen LogP contribution < -0.4 is 10.5 Å². The zero-order valence-corrected chi connectivity index (χ0v) is 10.5. The highest BCUT2D eigenvalue weighted by Gasteiger charge is 2.32. The lowest BCUT2D eigenvalue weighted by Gasteiger charge is -2.12. The van der Waals surface area contributed by atoms with Crippen molar-refractivity contribution >= 4 is 5.97 Å². The number of nitrogens with two attached hydrogens (primary N) is 1. The van der Waals surface area contributed by atoms with Gasteiger partial charge in [0.2, 0.25) is 11.8 Å². The van der Waals surface area contributed by atoms with E-state index in [2.05, 4.69) is 14.5 Å². The number of nitrogens with zero attached hydrogens (tertiary/aromatic N) is 1. The van der Waals surface area contributed by atoms with Gasteiger partial charge in [-0.2, -0.15) is 9.37 Å². The fraction of sp³-hybridized carbons (Fsp3) is 0.455. The van der Waals surface area contributed by atoms with Crippen molar-refractivity contribution in [2.75, 3.05) is 6.61 Å². The molecule has 0 amide bonds. The largest absolute Gasteiger partial charge is 0.574 e. The molecule has 0 saturated carbocycles. The van der Waals surface area contributed by atoms with Crippen LogP contribution in [0.5, 0.6) is 5.88 Å². The third-order valence-corrected chi connectivity index (χ3v) is 2.21. The maximum atomic E-state index is 13.7. The fourth-order valence-corrected chi connectivity index (χ4v) is 1.46. The molecule has 0 spiro atoms. The first-order valence-corrected chi connectivity index (χ1v) is 5.56. The summed E-state index contributed by atoms with van der Waals surface area (Å²) in [6, 6.07) is 0.838. The number of ether oxygens (including phenoxy) is 2. The number of hydrogen-bond donors (Lipinski definition) is 1. The van der Waals surface area contributed by atoms with E-state index in [1.165, 1.54) is 0 Å². The van der Waals surface area contributed by atoms with Gasteiger partial charge in [0.05, 0.1) is 13.0 Å². The van der Waals surface area contributed by atoms with Crippen molar-refractivity contribution in [3.05, 3.63) is 23.1 Å². The maximum Gasteiger partial charge on any atom is 0.574 e. The van der Waals surface area contributed by atoms with Gasteiger partial charge in [-0.25, -0.2) is 0 Å². The van der Waals surface area contributed by atoms with Crippen LogP contribution >= 0.6 is 0 Å². The number of aromatic nitrogens is 1. The van der Waals surface area contributed by atoms with E-state index in [0.717, 1.165) is 6.07 Å². The second-order valence-electron chi connectivity index (χ2n) is 3.62. The summed E-state index contributed by atoms with van der Waals surface area (Å²) in [5.74, 6) is -2.95. The van der Waals surface area contributed by atoms with Gasteiger partial charge in [-0.15, -0.1) is 13.2 Å². The van der Waals surface area contributed by atoms with E-state index < -0.39 is 30.6 Å². The summed E-state index contributed by atoms with van der Waals surface area (Å²) in [5.41, 5.74) is 5.10. The molecule has 0 aliphatic rings. The molecule has 1 aromatic rings. The van der Waals surface area contributed by atoms with Crippen LogP contribution in [0.1, 0.15) is 18.1 Å². The summed E-state index contributed by atoms with van der Waals surface area (Å²) < 4.78 is 57.9. The van der Waals surface area contributed by atoms with E-state index in [1.54, 1.807) is 6.92 Å². The Morgan fingerprint density at radius 3 is 2.60 bits per heavy atom. The molecule has 20 heavy (non-hydrogen) atoms. The van der Waals surface area contributed by atoms with Crippen molar-refractivity contribution in [1.29, 1.82) is 0 Å². The Morgan fingerprint density at radius 1 is 1.45 bits per heavy atom. The quantitative estimate of drug-likeness (QED) is 0.508. The van der Waals surface area contributed by atoms with Crippen LogP contribution in [-0.2, 0) is 22.5 Å². The Labute approximate surface area is 111 Å². The zero-order valence-electron chi connectivity index (χ0n) is 10.5. The first-order chi connectivity index (χ1) is 9.26. The molecule has 0 unspecified atom stereocenters. The minimum atomic E-state index is -4.99. The average molecular weight is 296 g/mol.